The Hall–Kier alpha value is -4.98. The van der Waals surface area contributed by atoms with Gasteiger partial charge in [-0.1, -0.05) is 6.92 Å². The molecule has 5 aromatic heterocycles. The van der Waals surface area contributed by atoms with Gasteiger partial charge in [-0.15, -0.1) is 16.4 Å². The van der Waals surface area contributed by atoms with Crippen LogP contribution in [-0.4, -0.2) is 90.4 Å². The van der Waals surface area contributed by atoms with Crippen LogP contribution in [-0.2, 0) is 11.2 Å². The SMILES string of the molecule is CCc1ncn(-c2ncc(OC)c3c(C(=O)C(=O)N4CCN(c5ncccc5C(=O)c5nccs5)CC4)c[nH]c23)n1. The summed E-state index contributed by atoms with van der Waals surface area (Å²) in [6.07, 6.45) is 8.43. The average Bonchev–Trinajstić information content (AvgIpc) is 3.81. The zero-order valence-electron chi connectivity index (χ0n) is 22.3. The van der Waals surface area contributed by atoms with Gasteiger partial charge in [-0.25, -0.2) is 24.6 Å². The minimum Gasteiger partial charge on any atom is -0.494 e. The number of ketones is 2. The predicted octanol–water partition coefficient (Wildman–Crippen LogP) is 2.33. The van der Waals surface area contributed by atoms with Gasteiger partial charge in [0, 0.05) is 56.6 Å². The molecule has 1 aliphatic heterocycles. The number of rotatable bonds is 8. The predicted molar refractivity (Wildman–Crippen MR) is 150 cm³/mol. The molecular formula is C27H25N9O4S. The highest BCUT2D eigenvalue weighted by atomic mass is 32.1. The molecule has 5 aromatic rings. The van der Waals surface area contributed by atoms with Crippen LogP contribution < -0.4 is 9.64 Å². The molecule has 1 aliphatic rings. The average molecular weight is 572 g/mol. The number of aromatic amines is 1. The number of fused-ring (bicyclic) bond motifs is 1. The van der Waals surface area contributed by atoms with Gasteiger partial charge in [-0.2, -0.15) is 0 Å². The van der Waals surface area contributed by atoms with Crippen LogP contribution in [0.5, 0.6) is 5.75 Å². The van der Waals surface area contributed by atoms with Gasteiger partial charge < -0.3 is 19.5 Å². The Bertz CT molecular complexity index is 1750. The summed E-state index contributed by atoms with van der Waals surface area (Å²) in [5, 5.41) is 7.01. The number of nitrogens with one attached hydrogen (secondary N) is 1. The van der Waals surface area contributed by atoms with Crippen LogP contribution in [0.1, 0.15) is 38.5 Å². The van der Waals surface area contributed by atoms with Gasteiger partial charge in [-0.3, -0.25) is 14.4 Å². The summed E-state index contributed by atoms with van der Waals surface area (Å²) < 4.78 is 7.01. The van der Waals surface area contributed by atoms with E-state index >= 15 is 0 Å². The normalized spacial score (nSPS) is 13.5. The Labute approximate surface area is 237 Å². The number of hydrogen-bond donors (Lipinski definition) is 1. The third-order valence-electron chi connectivity index (χ3n) is 6.91. The number of aromatic nitrogens is 7. The minimum atomic E-state index is -0.662. The third-order valence-corrected chi connectivity index (χ3v) is 7.68. The van der Waals surface area contributed by atoms with Crippen molar-refractivity contribution in [2.75, 3.05) is 38.2 Å². The molecule has 0 unspecified atom stereocenters. The molecule has 208 valence electrons. The first kappa shape index (κ1) is 26.3. The van der Waals surface area contributed by atoms with Gasteiger partial charge in [0.2, 0.25) is 5.78 Å². The number of carbonyl (C=O) groups is 3. The van der Waals surface area contributed by atoms with Crippen LogP contribution in [0.15, 0.2) is 48.6 Å². The molecule has 0 aromatic carbocycles. The van der Waals surface area contributed by atoms with E-state index in [1.165, 1.54) is 40.4 Å². The Morgan fingerprint density at radius 1 is 1.02 bits per heavy atom. The summed E-state index contributed by atoms with van der Waals surface area (Å²) in [5.41, 5.74) is 1.14. The van der Waals surface area contributed by atoms with E-state index in [0.717, 1.165) is 0 Å². The molecule has 1 saturated heterocycles. The van der Waals surface area contributed by atoms with E-state index in [0.29, 0.717) is 64.2 Å². The molecule has 14 heteroatoms. The maximum Gasteiger partial charge on any atom is 0.295 e. The molecule has 1 N–H and O–H groups in total. The van der Waals surface area contributed by atoms with Crippen LogP contribution in [0.4, 0.5) is 5.82 Å². The molecule has 0 radical (unpaired) electrons. The molecule has 1 amide bonds. The monoisotopic (exact) mass is 571 g/mol. The number of H-pyrrole nitrogens is 1. The summed E-state index contributed by atoms with van der Waals surface area (Å²) in [4.78, 5) is 63.7. The van der Waals surface area contributed by atoms with Crippen molar-refractivity contribution in [2.24, 2.45) is 0 Å². The number of anilines is 1. The highest BCUT2D eigenvalue weighted by Gasteiger charge is 2.31. The lowest BCUT2D eigenvalue weighted by Crippen LogP contribution is -2.51. The molecule has 1 fully saturated rings. The van der Waals surface area contributed by atoms with Crippen molar-refractivity contribution in [3.63, 3.8) is 0 Å². The minimum absolute atomic E-state index is 0.185. The van der Waals surface area contributed by atoms with Crippen molar-refractivity contribution in [1.29, 1.82) is 0 Å². The Morgan fingerprint density at radius 2 is 1.85 bits per heavy atom. The van der Waals surface area contributed by atoms with E-state index in [9.17, 15) is 14.4 Å². The number of hydrogen-bond acceptors (Lipinski definition) is 11. The van der Waals surface area contributed by atoms with Crippen LogP contribution in [0.25, 0.3) is 16.7 Å². The Morgan fingerprint density at radius 3 is 2.56 bits per heavy atom. The number of aryl methyl sites for hydroxylation is 1. The van der Waals surface area contributed by atoms with Crippen molar-refractivity contribution < 1.29 is 19.1 Å². The van der Waals surface area contributed by atoms with E-state index in [4.69, 9.17) is 4.74 Å². The van der Waals surface area contributed by atoms with Crippen molar-refractivity contribution in [3.8, 4) is 11.6 Å². The van der Waals surface area contributed by atoms with Gasteiger partial charge in [0.1, 0.15) is 17.9 Å². The summed E-state index contributed by atoms with van der Waals surface area (Å²) in [6, 6.07) is 3.44. The van der Waals surface area contributed by atoms with E-state index in [1.54, 1.807) is 36.2 Å². The first-order valence-electron chi connectivity index (χ1n) is 12.9. The molecule has 0 atom stereocenters. The van der Waals surface area contributed by atoms with Crippen LogP contribution >= 0.6 is 11.3 Å². The molecule has 41 heavy (non-hydrogen) atoms. The summed E-state index contributed by atoms with van der Waals surface area (Å²) in [5.74, 6) is 0.493. The first-order valence-corrected chi connectivity index (χ1v) is 13.8. The number of carbonyl (C=O) groups excluding carboxylic acids is 3. The summed E-state index contributed by atoms with van der Waals surface area (Å²) >= 11 is 1.27. The maximum absolute atomic E-state index is 13.5. The number of nitrogens with zero attached hydrogens (tertiary/aromatic N) is 8. The second-order valence-corrected chi connectivity index (χ2v) is 10.1. The Kier molecular flexibility index (Phi) is 6.97. The van der Waals surface area contributed by atoms with E-state index in [2.05, 4.69) is 30.0 Å². The van der Waals surface area contributed by atoms with Crippen LogP contribution in [0.3, 0.4) is 0 Å². The van der Waals surface area contributed by atoms with E-state index in [1.807, 2.05) is 11.8 Å². The fraction of sp³-hybridized carbons (Fsp3) is 0.259. The van der Waals surface area contributed by atoms with Crippen molar-refractivity contribution in [1.82, 2.24) is 39.6 Å². The lowest BCUT2D eigenvalue weighted by molar-refractivity contribution is -0.126. The molecule has 0 saturated carbocycles. The highest BCUT2D eigenvalue weighted by molar-refractivity contribution is 7.11. The smallest absolute Gasteiger partial charge is 0.295 e. The standard InChI is InChI=1S/C27H25N9O4S/c1-3-19-32-15-36(33-19)25-21-20(18(40-2)14-31-25)17(13-30-21)23(38)27(39)35-10-8-34(9-11-35)24-16(5-4-6-28-24)22(37)26-29-7-12-41-26/h4-7,12-15,30H,3,8-11H2,1-2H3. The fourth-order valence-corrected chi connectivity index (χ4v) is 5.42. The first-order chi connectivity index (χ1) is 20.0. The van der Waals surface area contributed by atoms with Gasteiger partial charge in [0.25, 0.3) is 11.7 Å². The lowest BCUT2D eigenvalue weighted by atomic mass is 10.1. The van der Waals surface area contributed by atoms with Crippen molar-refractivity contribution in [3.05, 3.63) is 70.6 Å². The zero-order valence-corrected chi connectivity index (χ0v) is 23.1. The van der Waals surface area contributed by atoms with Crippen LogP contribution in [0.2, 0.25) is 0 Å². The molecule has 6 heterocycles. The lowest BCUT2D eigenvalue weighted by Gasteiger charge is -2.35. The van der Waals surface area contributed by atoms with Crippen molar-refractivity contribution in [2.45, 2.75) is 13.3 Å². The molecular weight excluding hydrogens is 546 g/mol. The Balaban J connectivity index is 1.22. The molecule has 13 nitrogen and oxygen atoms in total. The topological polar surface area (TPSA) is 152 Å². The molecule has 0 bridgehead atoms. The molecule has 0 spiro atoms. The number of amides is 1. The number of pyridine rings is 2. The van der Waals surface area contributed by atoms with Gasteiger partial charge >= 0.3 is 0 Å². The van der Waals surface area contributed by atoms with Gasteiger partial charge in [-0.05, 0) is 12.1 Å². The van der Waals surface area contributed by atoms with E-state index < -0.39 is 11.7 Å². The number of thiazole rings is 1. The fourth-order valence-electron chi connectivity index (χ4n) is 4.83. The third kappa shape index (κ3) is 4.71. The number of piperazine rings is 1. The quantitative estimate of drug-likeness (QED) is 0.217. The molecule has 6 rings (SSSR count). The van der Waals surface area contributed by atoms with E-state index in [-0.39, 0.29) is 24.4 Å². The molecule has 0 aliphatic carbocycles. The van der Waals surface area contributed by atoms with Crippen LogP contribution in [0, 0.1) is 0 Å². The maximum atomic E-state index is 13.5. The number of ether oxygens (including phenoxy) is 1. The largest absolute Gasteiger partial charge is 0.494 e. The second-order valence-electron chi connectivity index (χ2n) is 9.21. The second kappa shape index (κ2) is 10.9. The number of methoxy groups -OCH3 is 1. The number of Topliss-reactive ketones (excluding diaryl/α,β-unsaturated/α-hetero) is 1. The summed E-state index contributed by atoms with van der Waals surface area (Å²) in [6.45, 7) is 3.34. The highest BCUT2D eigenvalue weighted by Crippen LogP contribution is 2.32. The van der Waals surface area contributed by atoms with Crippen molar-refractivity contribution >= 4 is 45.5 Å². The van der Waals surface area contributed by atoms with Gasteiger partial charge in [0.15, 0.2) is 16.6 Å². The summed E-state index contributed by atoms with van der Waals surface area (Å²) in [7, 11) is 1.48. The van der Waals surface area contributed by atoms with Gasteiger partial charge in [0.05, 0.1) is 35.3 Å². The zero-order chi connectivity index (χ0) is 28.5.